The third-order valence-corrected chi connectivity index (χ3v) is 4.28. The number of rotatable bonds is 5. The Balaban J connectivity index is 2.06. The molecule has 0 spiro atoms. The maximum absolute atomic E-state index is 14.9. The van der Waals surface area contributed by atoms with E-state index >= 15 is 0 Å². The summed E-state index contributed by atoms with van der Waals surface area (Å²) in [5.74, 6) is 0.327. The van der Waals surface area contributed by atoms with Crippen LogP contribution in [0, 0.1) is 18.3 Å². The molecule has 0 N–H and O–H groups in total. The van der Waals surface area contributed by atoms with Gasteiger partial charge in [-0.15, -0.1) is 0 Å². The zero-order chi connectivity index (χ0) is 19.4. The van der Waals surface area contributed by atoms with Crippen LogP contribution in [-0.2, 0) is 18.5 Å². The van der Waals surface area contributed by atoms with Gasteiger partial charge in [0.1, 0.15) is 18.1 Å². The van der Waals surface area contributed by atoms with E-state index in [0.29, 0.717) is 29.8 Å². The molecule has 6 heteroatoms. The first-order valence-corrected chi connectivity index (χ1v) is 8.72. The van der Waals surface area contributed by atoms with Gasteiger partial charge < -0.3 is 0 Å². The highest BCUT2D eigenvalue weighted by molar-refractivity contribution is 5.66. The Morgan fingerprint density at radius 2 is 1.81 bits per heavy atom. The van der Waals surface area contributed by atoms with Crippen molar-refractivity contribution in [3.05, 3.63) is 71.1 Å². The number of aromatic nitrogens is 4. The summed E-state index contributed by atoms with van der Waals surface area (Å²) in [6.07, 6.45) is 2.65. The predicted octanol–water partition coefficient (Wildman–Crippen LogP) is 4.10. The molecule has 0 unspecified atom stereocenters. The lowest BCUT2D eigenvalue weighted by Gasteiger charge is -2.21. The number of hydrogen-bond acceptors (Lipinski definition) is 5. The summed E-state index contributed by atoms with van der Waals surface area (Å²) in [7, 11) is 0. The number of nitrogens with zero attached hydrogens (tertiary/aromatic N) is 5. The number of aryl methyl sites for hydroxylation is 3. The maximum Gasteiger partial charge on any atom is 0.235 e. The van der Waals surface area contributed by atoms with Crippen molar-refractivity contribution >= 4 is 0 Å². The van der Waals surface area contributed by atoms with Gasteiger partial charge in [0.25, 0.3) is 0 Å². The quantitative estimate of drug-likeness (QED) is 0.684. The number of alkyl halides is 1. The Labute approximate surface area is 158 Å². The number of nitriles is 1. The monoisotopic (exact) mass is 361 g/mol. The van der Waals surface area contributed by atoms with Crippen molar-refractivity contribution in [2.75, 3.05) is 0 Å². The molecule has 3 aromatic rings. The molecule has 3 rings (SSSR count). The van der Waals surface area contributed by atoms with Gasteiger partial charge in [-0.25, -0.2) is 14.4 Å². The summed E-state index contributed by atoms with van der Waals surface area (Å²) < 4.78 is 14.9. The summed E-state index contributed by atoms with van der Waals surface area (Å²) in [4.78, 5) is 16.8. The molecule has 0 aliphatic rings. The minimum atomic E-state index is -1.58. The van der Waals surface area contributed by atoms with Gasteiger partial charge in [-0.05, 0) is 56.9 Å². The first kappa shape index (κ1) is 18.6. The van der Waals surface area contributed by atoms with E-state index in [4.69, 9.17) is 5.26 Å². The van der Waals surface area contributed by atoms with E-state index in [1.54, 1.807) is 6.07 Å². The first-order chi connectivity index (χ1) is 12.9. The van der Waals surface area contributed by atoms with Gasteiger partial charge in [0.2, 0.25) is 5.82 Å². The minimum Gasteiger partial charge on any atom is -0.258 e. The fourth-order valence-corrected chi connectivity index (χ4v) is 3.04. The van der Waals surface area contributed by atoms with Gasteiger partial charge in [0.05, 0.1) is 0 Å². The Morgan fingerprint density at radius 3 is 2.52 bits per heavy atom. The molecule has 27 heavy (non-hydrogen) atoms. The lowest BCUT2D eigenvalue weighted by molar-refractivity contribution is 0.222. The van der Waals surface area contributed by atoms with Crippen LogP contribution >= 0.6 is 0 Å². The molecule has 0 atom stereocenters. The van der Waals surface area contributed by atoms with Gasteiger partial charge in [0, 0.05) is 17.0 Å². The van der Waals surface area contributed by atoms with Crippen LogP contribution in [0.25, 0.3) is 11.4 Å². The molecule has 2 heterocycles. The second-order valence-electron chi connectivity index (χ2n) is 6.83. The van der Waals surface area contributed by atoms with Gasteiger partial charge >= 0.3 is 0 Å². The molecule has 0 aliphatic carbocycles. The average molecular weight is 361 g/mol. The van der Waals surface area contributed by atoms with Crippen molar-refractivity contribution in [2.24, 2.45) is 0 Å². The molecule has 0 saturated heterocycles. The Bertz CT molecular complexity index is 1000. The molecule has 1 aromatic carbocycles. The highest BCUT2D eigenvalue weighted by atomic mass is 19.1. The summed E-state index contributed by atoms with van der Waals surface area (Å²) in [6, 6.07) is 13.3. The van der Waals surface area contributed by atoms with Crippen LogP contribution in [0.1, 0.15) is 42.2 Å². The molecule has 0 fully saturated rings. The van der Waals surface area contributed by atoms with Crippen molar-refractivity contribution in [2.45, 2.75) is 39.3 Å². The number of pyridine rings is 1. The standard InChI is InChI=1S/C21H20FN5/c1-14-6-4-8-16(26-14)11-10-15-7-5-9-17(21(2,3)22)19(15)20-25-13-24-18(12-23)27-20/h4-9,13H,10-11H2,1-3H3. The van der Waals surface area contributed by atoms with Crippen LogP contribution in [0.3, 0.4) is 0 Å². The van der Waals surface area contributed by atoms with E-state index in [9.17, 15) is 4.39 Å². The number of hydrogen-bond donors (Lipinski definition) is 0. The Morgan fingerprint density at radius 1 is 1.04 bits per heavy atom. The third kappa shape index (κ3) is 4.32. The second kappa shape index (κ2) is 7.58. The van der Waals surface area contributed by atoms with Gasteiger partial charge in [-0.2, -0.15) is 10.2 Å². The summed E-state index contributed by atoms with van der Waals surface area (Å²) in [5.41, 5.74) is 2.38. The Kier molecular flexibility index (Phi) is 5.22. The topological polar surface area (TPSA) is 75.3 Å². The smallest absolute Gasteiger partial charge is 0.235 e. The minimum absolute atomic E-state index is 0.0118. The molecule has 0 amide bonds. The fraction of sp³-hybridized carbons (Fsp3) is 0.286. The van der Waals surface area contributed by atoms with E-state index in [1.807, 2.05) is 43.3 Å². The Hall–Kier alpha value is -3.20. The van der Waals surface area contributed by atoms with Gasteiger partial charge in [0.15, 0.2) is 5.82 Å². The zero-order valence-corrected chi connectivity index (χ0v) is 15.6. The maximum atomic E-state index is 14.9. The number of halogens is 1. The molecule has 0 bridgehead atoms. The second-order valence-corrected chi connectivity index (χ2v) is 6.83. The van der Waals surface area contributed by atoms with Crippen LogP contribution in [0.2, 0.25) is 0 Å². The molecule has 136 valence electrons. The van der Waals surface area contributed by atoms with Crippen molar-refractivity contribution in [3.8, 4) is 17.5 Å². The molecule has 2 aromatic heterocycles. The van der Waals surface area contributed by atoms with E-state index < -0.39 is 5.67 Å². The largest absolute Gasteiger partial charge is 0.258 e. The normalized spacial score (nSPS) is 11.2. The highest BCUT2D eigenvalue weighted by Gasteiger charge is 2.26. The molecule has 0 aliphatic heterocycles. The van der Waals surface area contributed by atoms with Crippen molar-refractivity contribution < 1.29 is 4.39 Å². The molecule has 5 nitrogen and oxygen atoms in total. The van der Waals surface area contributed by atoms with Crippen LogP contribution in [-0.4, -0.2) is 19.9 Å². The lowest BCUT2D eigenvalue weighted by atomic mass is 9.89. The first-order valence-electron chi connectivity index (χ1n) is 8.72. The van der Waals surface area contributed by atoms with E-state index in [-0.39, 0.29) is 5.82 Å². The van der Waals surface area contributed by atoms with Gasteiger partial charge in [-0.1, -0.05) is 24.3 Å². The molecular formula is C21H20FN5. The lowest BCUT2D eigenvalue weighted by Crippen LogP contribution is -2.14. The van der Waals surface area contributed by atoms with Gasteiger partial charge in [-0.3, -0.25) is 4.98 Å². The molecule has 0 radical (unpaired) electrons. The zero-order valence-electron chi connectivity index (χ0n) is 15.6. The van der Waals surface area contributed by atoms with Crippen LogP contribution in [0.5, 0.6) is 0 Å². The van der Waals surface area contributed by atoms with E-state index in [2.05, 4.69) is 19.9 Å². The van der Waals surface area contributed by atoms with Crippen molar-refractivity contribution in [3.63, 3.8) is 0 Å². The van der Waals surface area contributed by atoms with E-state index in [0.717, 1.165) is 17.0 Å². The summed E-state index contributed by atoms with van der Waals surface area (Å²) >= 11 is 0. The fourth-order valence-electron chi connectivity index (χ4n) is 3.04. The average Bonchev–Trinajstić information content (AvgIpc) is 2.65. The molecule has 0 saturated carbocycles. The summed E-state index contributed by atoms with van der Waals surface area (Å²) in [5, 5.41) is 9.10. The van der Waals surface area contributed by atoms with Crippen LogP contribution in [0.4, 0.5) is 4.39 Å². The van der Waals surface area contributed by atoms with Crippen molar-refractivity contribution in [1.29, 1.82) is 5.26 Å². The number of benzene rings is 1. The van der Waals surface area contributed by atoms with Crippen LogP contribution in [0.15, 0.2) is 42.7 Å². The van der Waals surface area contributed by atoms with E-state index in [1.165, 1.54) is 20.2 Å². The third-order valence-electron chi connectivity index (χ3n) is 4.28. The summed E-state index contributed by atoms with van der Waals surface area (Å²) in [6.45, 7) is 4.96. The SMILES string of the molecule is Cc1cccc(CCc2cccc(C(C)(C)F)c2-c2ncnc(C#N)n2)n1. The van der Waals surface area contributed by atoms with Crippen LogP contribution < -0.4 is 0 Å². The predicted molar refractivity (Wildman–Crippen MR) is 100 cm³/mol. The highest BCUT2D eigenvalue weighted by Crippen LogP contribution is 2.35. The van der Waals surface area contributed by atoms with Crippen molar-refractivity contribution in [1.82, 2.24) is 19.9 Å². The molecular weight excluding hydrogens is 341 g/mol.